The average molecular weight is 306 g/mol. The van der Waals surface area contributed by atoms with Gasteiger partial charge in [0.25, 0.3) is 0 Å². The predicted molar refractivity (Wildman–Crippen MR) is 90.9 cm³/mol. The second kappa shape index (κ2) is 9.49. The molecule has 1 fully saturated rings. The molecule has 5 nitrogen and oxygen atoms in total. The Hall–Kier alpha value is -1.52. The SMILES string of the molecule is CCNC(=NCCCN1CCCCCC1=O)NC1CC=CC1. The highest BCUT2D eigenvalue weighted by Crippen LogP contribution is 2.11. The molecule has 124 valence electrons. The van der Waals surface area contributed by atoms with Gasteiger partial charge < -0.3 is 15.5 Å². The third-order valence-electron chi connectivity index (χ3n) is 4.22. The van der Waals surface area contributed by atoms with E-state index in [9.17, 15) is 4.79 Å². The third kappa shape index (κ3) is 5.70. The van der Waals surface area contributed by atoms with E-state index in [1.165, 1.54) is 6.42 Å². The number of carbonyl (C=O) groups excluding carboxylic acids is 1. The molecule has 1 saturated heterocycles. The zero-order chi connectivity index (χ0) is 15.6. The van der Waals surface area contributed by atoms with Gasteiger partial charge >= 0.3 is 0 Å². The van der Waals surface area contributed by atoms with Crippen LogP contribution in [0.1, 0.15) is 51.9 Å². The van der Waals surface area contributed by atoms with Gasteiger partial charge in [0.1, 0.15) is 0 Å². The Morgan fingerprint density at radius 2 is 2.14 bits per heavy atom. The largest absolute Gasteiger partial charge is 0.357 e. The van der Waals surface area contributed by atoms with Crippen molar-refractivity contribution >= 4 is 11.9 Å². The van der Waals surface area contributed by atoms with Crippen LogP contribution in [-0.2, 0) is 4.79 Å². The summed E-state index contributed by atoms with van der Waals surface area (Å²) in [5.41, 5.74) is 0. The van der Waals surface area contributed by atoms with E-state index in [1.807, 2.05) is 4.90 Å². The van der Waals surface area contributed by atoms with Crippen LogP contribution in [0.3, 0.4) is 0 Å². The van der Waals surface area contributed by atoms with Gasteiger partial charge in [0.05, 0.1) is 0 Å². The van der Waals surface area contributed by atoms with Crippen LogP contribution in [0.15, 0.2) is 17.1 Å². The number of likely N-dealkylation sites (tertiary alicyclic amines) is 1. The Bertz CT molecular complexity index is 397. The van der Waals surface area contributed by atoms with Crippen LogP contribution in [0.2, 0.25) is 0 Å². The molecular weight excluding hydrogens is 276 g/mol. The fraction of sp³-hybridized carbons (Fsp3) is 0.765. The first-order valence-electron chi connectivity index (χ1n) is 8.77. The third-order valence-corrected chi connectivity index (χ3v) is 4.22. The van der Waals surface area contributed by atoms with Gasteiger partial charge in [-0.05, 0) is 39.0 Å². The molecule has 0 aromatic carbocycles. The normalized spacial score (nSPS) is 20.3. The lowest BCUT2D eigenvalue weighted by Crippen LogP contribution is -2.42. The summed E-state index contributed by atoms with van der Waals surface area (Å²) in [6.07, 6.45) is 11.6. The van der Waals surface area contributed by atoms with Crippen LogP contribution < -0.4 is 10.6 Å². The van der Waals surface area contributed by atoms with Gasteiger partial charge in [-0.3, -0.25) is 9.79 Å². The van der Waals surface area contributed by atoms with E-state index in [4.69, 9.17) is 0 Å². The van der Waals surface area contributed by atoms with Crippen LogP contribution in [0.5, 0.6) is 0 Å². The molecule has 0 aromatic heterocycles. The first-order chi connectivity index (χ1) is 10.8. The van der Waals surface area contributed by atoms with Crippen molar-refractivity contribution in [2.75, 3.05) is 26.2 Å². The molecule has 0 spiro atoms. The van der Waals surface area contributed by atoms with Gasteiger partial charge in [0.2, 0.25) is 5.91 Å². The van der Waals surface area contributed by atoms with Gasteiger partial charge in [-0.1, -0.05) is 18.6 Å². The molecule has 1 amide bonds. The first kappa shape index (κ1) is 16.8. The number of aliphatic imine (C=N–C) groups is 1. The van der Waals surface area contributed by atoms with E-state index in [-0.39, 0.29) is 0 Å². The topological polar surface area (TPSA) is 56.7 Å². The summed E-state index contributed by atoms with van der Waals surface area (Å²) in [5.74, 6) is 1.22. The molecule has 22 heavy (non-hydrogen) atoms. The molecule has 0 radical (unpaired) electrons. The zero-order valence-corrected chi connectivity index (χ0v) is 13.8. The minimum atomic E-state index is 0.323. The van der Waals surface area contributed by atoms with Crippen LogP contribution in [0.4, 0.5) is 0 Å². The van der Waals surface area contributed by atoms with E-state index in [0.29, 0.717) is 11.9 Å². The molecule has 0 aromatic rings. The van der Waals surface area contributed by atoms with Gasteiger partial charge in [0.15, 0.2) is 5.96 Å². The maximum absolute atomic E-state index is 11.9. The second-order valence-corrected chi connectivity index (χ2v) is 6.09. The molecule has 0 bridgehead atoms. The molecule has 2 N–H and O–H groups in total. The minimum absolute atomic E-state index is 0.323. The summed E-state index contributed by atoms with van der Waals surface area (Å²) < 4.78 is 0. The molecule has 1 aliphatic heterocycles. The monoisotopic (exact) mass is 306 g/mol. The highest BCUT2D eigenvalue weighted by Gasteiger charge is 2.15. The van der Waals surface area contributed by atoms with Crippen molar-refractivity contribution in [1.29, 1.82) is 0 Å². The lowest BCUT2D eigenvalue weighted by atomic mass is 10.2. The average Bonchev–Trinajstić information content (AvgIpc) is 2.93. The van der Waals surface area contributed by atoms with Crippen molar-refractivity contribution in [3.8, 4) is 0 Å². The summed E-state index contributed by atoms with van der Waals surface area (Å²) in [5, 5.41) is 6.77. The second-order valence-electron chi connectivity index (χ2n) is 6.09. The Balaban J connectivity index is 1.71. The number of amides is 1. The fourth-order valence-electron chi connectivity index (χ4n) is 2.98. The van der Waals surface area contributed by atoms with Crippen LogP contribution >= 0.6 is 0 Å². The van der Waals surface area contributed by atoms with E-state index in [1.54, 1.807) is 0 Å². The lowest BCUT2D eigenvalue weighted by molar-refractivity contribution is -0.130. The Kier molecular flexibility index (Phi) is 7.26. The Morgan fingerprint density at radius 3 is 2.91 bits per heavy atom. The summed E-state index contributed by atoms with van der Waals surface area (Å²) in [7, 11) is 0. The molecule has 0 atom stereocenters. The predicted octanol–water partition coefficient (Wildman–Crippen LogP) is 2.05. The maximum atomic E-state index is 11.9. The quantitative estimate of drug-likeness (QED) is 0.342. The van der Waals surface area contributed by atoms with Crippen LogP contribution in [0, 0.1) is 0 Å². The molecule has 2 aliphatic rings. The summed E-state index contributed by atoms with van der Waals surface area (Å²) in [6, 6.07) is 0.477. The molecule has 1 heterocycles. The summed E-state index contributed by atoms with van der Waals surface area (Å²) >= 11 is 0. The molecule has 0 saturated carbocycles. The summed E-state index contributed by atoms with van der Waals surface area (Å²) in [6.45, 7) is 5.48. The Morgan fingerprint density at radius 1 is 1.32 bits per heavy atom. The molecule has 2 rings (SSSR count). The molecule has 5 heteroatoms. The number of nitrogens with zero attached hydrogens (tertiary/aromatic N) is 2. The van der Waals surface area contributed by atoms with Crippen molar-refractivity contribution in [2.45, 2.75) is 57.9 Å². The molecule has 0 unspecified atom stereocenters. The van der Waals surface area contributed by atoms with Crippen molar-refractivity contribution < 1.29 is 4.79 Å². The number of nitrogens with one attached hydrogen (secondary N) is 2. The van der Waals surface area contributed by atoms with E-state index < -0.39 is 0 Å². The van der Waals surface area contributed by atoms with Gasteiger partial charge in [-0.2, -0.15) is 0 Å². The van der Waals surface area contributed by atoms with E-state index in [2.05, 4.69) is 34.7 Å². The van der Waals surface area contributed by atoms with Crippen molar-refractivity contribution in [3.63, 3.8) is 0 Å². The smallest absolute Gasteiger partial charge is 0.222 e. The number of guanidine groups is 1. The highest BCUT2D eigenvalue weighted by atomic mass is 16.2. The van der Waals surface area contributed by atoms with Crippen molar-refractivity contribution in [3.05, 3.63) is 12.2 Å². The highest BCUT2D eigenvalue weighted by molar-refractivity contribution is 5.80. The number of hydrogen-bond acceptors (Lipinski definition) is 2. The van der Waals surface area contributed by atoms with E-state index >= 15 is 0 Å². The fourth-order valence-corrected chi connectivity index (χ4v) is 2.98. The number of carbonyl (C=O) groups is 1. The standard InChI is InChI=1S/C17H30N4O/c1-2-18-17(20-15-9-5-6-10-15)19-12-8-14-21-13-7-3-4-11-16(21)22/h5-6,15H,2-4,7-14H2,1H3,(H2,18,19,20). The lowest BCUT2D eigenvalue weighted by Gasteiger charge is -2.20. The van der Waals surface area contributed by atoms with E-state index in [0.717, 1.165) is 70.7 Å². The van der Waals surface area contributed by atoms with Crippen LogP contribution in [0.25, 0.3) is 0 Å². The Labute approximate surface area is 134 Å². The molecule has 1 aliphatic carbocycles. The van der Waals surface area contributed by atoms with Crippen LogP contribution in [-0.4, -0.2) is 49.0 Å². The number of hydrogen-bond donors (Lipinski definition) is 2. The minimum Gasteiger partial charge on any atom is -0.357 e. The number of rotatable bonds is 6. The van der Waals surface area contributed by atoms with Crippen molar-refractivity contribution in [2.24, 2.45) is 4.99 Å². The summed E-state index contributed by atoms with van der Waals surface area (Å²) in [4.78, 5) is 18.6. The van der Waals surface area contributed by atoms with Crippen molar-refractivity contribution in [1.82, 2.24) is 15.5 Å². The van der Waals surface area contributed by atoms with Gasteiger partial charge in [-0.25, -0.2) is 0 Å². The first-order valence-corrected chi connectivity index (χ1v) is 8.77. The zero-order valence-electron chi connectivity index (χ0n) is 13.8. The van der Waals surface area contributed by atoms with Gasteiger partial charge in [-0.15, -0.1) is 0 Å². The van der Waals surface area contributed by atoms with Gasteiger partial charge in [0, 0.05) is 38.6 Å². The maximum Gasteiger partial charge on any atom is 0.222 e. The molecular formula is C17H30N4O.